The molecular weight excluding hydrogens is 471 g/mol. The Bertz CT molecular complexity index is 1040. The number of hydrogen-bond acceptors (Lipinski definition) is 4. The van der Waals surface area contributed by atoms with Crippen molar-refractivity contribution >= 4 is 39.1 Å². The summed E-state index contributed by atoms with van der Waals surface area (Å²) in [6.45, 7) is 1.60. The molecule has 0 bridgehead atoms. The number of carbonyl (C=O) groups excluding carboxylic acids is 1. The molecule has 1 N–H and O–H groups in total. The molecule has 0 saturated heterocycles. The summed E-state index contributed by atoms with van der Waals surface area (Å²) in [5, 5.41) is 3.72. The van der Waals surface area contributed by atoms with Gasteiger partial charge in [-0.3, -0.25) is 4.79 Å². The number of amides is 1. The number of rotatable bonds is 8. The summed E-state index contributed by atoms with van der Waals surface area (Å²) < 4.78 is 33.6. The number of nitrogens with one attached hydrogen (secondary N) is 1. The molecule has 1 atom stereocenters. The Morgan fingerprint density at radius 1 is 1.12 bits per heavy atom. The zero-order valence-electron chi connectivity index (χ0n) is 18.2. The summed E-state index contributed by atoms with van der Waals surface area (Å²) in [4.78, 5) is 13.0. The van der Waals surface area contributed by atoms with Gasteiger partial charge in [-0.05, 0) is 55.7 Å². The van der Waals surface area contributed by atoms with Gasteiger partial charge < -0.3 is 10.1 Å². The topological polar surface area (TPSA) is 75.7 Å². The highest BCUT2D eigenvalue weighted by Crippen LogP contribution is 2.32. The molecule has 174 valence electrons. The van der Waals surface area contributed by atoms with Gasteiger partial charge in [-0.15, -0.1) is 0 Å². The first-order valence-corrected chi connectivity index (χ1v) is 12.8. The van der Waals surface area contributed by atoms with Crippen molar-refractivity contribution in [1.29, 1.82) is 0 Å². The average molecular weight is 499 g/mol. The van der Waals surface area contributed by atoms with Gasteiger partial charge in [0.15, 0.2) is 0 Å². The molecule has 6 nitrogen and oxygen atoms in total. The second-order valence-electron chi connectivity index (χ2n) is 7.98. The first-order valence-electron chi connectivity index (χ1n) is 10.6. The predicted molar refractivity (Wildman–Crippen MR) is 127 cm³/mol. The molecule has 0 aliphatic heterocycles. The van der Waals surface area contributed by atoms with Crippen LogP contribution in [0.1, 0.15) is 50.6 Å². The maximum atomic E-state index is 13.5. The predicted octanol–water partition coefficient (Wildman–Crippen LogP) is 5.20. The van der Waals surface area contributed by atoms with Crippen molar-refractivity contribution in [3.05, 3.63) is 58.1 Å². The molecule has 9 heteroatoms. The number of halogens is 2. The van der Waals surface area contributed by atoms with Crippen LogP contribution in [0.5, 0.6) is 5.75 Å². The summed E-state index contributed by atoms with van der Waals surface area (Å²) >= 11 is 12.1. The lowest BCUT2D eigenvalue weighted by Gasteiger charge is -2.33. The van der Waals surface area contributed by atoms with E-state index in [-0.39, 0.29) is 34.5 Å². The number of hydrogen-bond donors (Lipinski definition) is 1. The smallest absolute Gasteiger partial charge is 0.243 e. The maximum Gasteiger partial charge on any atom is 0.243 e. The van der Waals surface area contributed by atoms with E-state index in [0.717, 1.165) is 37.7 Å². The zero-order chi connectivity index (χ0) is 23.3. The highest BCUT2D eigenvalue weighted by Gasteiger charge is 2.34. The van der Waals surface area contributed by atoms with Crippen molar-refractivity contribution in [2.24, 2.45) is 0 Å². The van der Waals surface area contributed by atoms with Crippen LogP contribution in [0.15, 0.2) is 47.4 Å². The Hall–Kier alpha value is -1.80. The fourth-order valence-corrected chi connectivity index (χ4v) is 6.10. The van der Waals surface area contributed by atoms with E-state index >= 15 is 0 Å². The summed E-state index contributed by atoms with van der Waals surface area (Å²) in [6, 6.07) is 11.0. The SMILES string of the molecule is COc1ccc(S(=O)(=O)N(CC(=O)NC(C)c2ccc(Cl)cc2)C2CCCCC2)cc1Cl. The van der Waals surface area contributed by atoms with Crippen molar-refractivity contribution in [3.63, 3.8) is 0 Å². The number of carbonyl (C=O) groups is 1. The van der Waals surface area contributed by atoms with Gasteiger partial charge in [0.25, 0.3) is 0 Å². The van der Waals surface area contributed by atoms with Crippen molar-refractivity contribution in [2.45, 2.75) is 56.0 Å². The molecule has 1 amide bonds. The van der Waals surface area contributed by atoms with Gasteiger partial charge in [0.2, 0.25) is 15.9 Å². The molecule has 0 spiro atoms. The molecule has 32 heavy (non-hydrogen) atoms. The number of methoxy groups -OCH3 is 1. The number of ether oxygens (including phenoxy) is 1. The van der Waals surface area contributed by atoms with Crippen LogP contribution < -0.4 is 10.1 Å². The standard InChI is InChI=1S/C23H28Cl2N2O4S/c1-16(17-8-10-18(24)11-9-17)26-23(28)15-27(19-6-4-3-5-7-19)32(29,30)20-12-13-22(31-2)21(25)14-20/h8-14,16,19H,3-7,15H2,1-2H3,(H,26,28). The lowest BCUT2D eigenvalue weighted by Crippen LogP contribution is -2.47. The third-order valence-corrected chi connectivity index (χ3v) is 8.20. The molecular formula is C23H28Cl2N2O4S. The first-order chi connectivity index (χ1) is 15.2. The van der Waals surface area contributed by atoms with Crippen LogP contribution in [0.4, 0.5) is 0 Å². The van der Waals surface area contributed by atoms with Gasteiger partial charge in [-0.2, -0.15) is 4.31 Å². The summed E-state index contributed by atoms with van der Waals surface area (Å²) in [6.07, 6.45) is 4.39. The Balaban J connectivity index is 1.83. The summed E-state index contributed by atoms with van der Waals surface area (Å²) in [7, 11) is -2.47. The Kier molecular flexibility index (Phi) is 8.44. The molecule has 0 heterocycles. The van der Waals surface area contributed by atoms with E-state index in [9.17, 15) is 13.2 Å². The van der Waals surface area contributed by atoms with Crippen LogP contribution in [0, 0.1) is 0 Å². The number of nitrogens with zero attached hydrogens (tertiary/aromatic N) is 1. The van der Waals surface area contributed by atoms with Gasteiger partial charge in [0.05, 0.1) is 29.6 Å². The minimum Gasteiger partial charge on any atom is -0.495 e. The number of sulfonamides is 1. The monoisotopic (exact) mass is 498 g/mol. The van der Waals surface area contributed by atoms with E-state index in [2.05, 4.69) is 5.32 Å². The normalized spacial score (nSPS) is 16.0. The maximum absolute atomic E-state index is 13.5. The van der Waals surface area contributed by atoms with Gasteiger partial charge in [0.1, 0.15) is 5.75 Å². The number of benzene rings is 2. The minimum absolute atomic E-state index is 0.0485. The second-order valence-corrected chi connectivity index (χ2v) is 10.7. The van der Waals surface area contributed by atoms with Crippen LogP contribution in [0.25, 0.3) is 0 Å². The molecule has 1 fully saturated rings. The highest BCUT2D eigenvalue weighted by molar-refractivity contribution is 7.89. The summed E-state index contributed by atoms with van der Waals surface area (Å²) in [5.41, 5.74) is 0.886. The quantitative estimate of drug-likeness (QED) is 0.542. The summed E-state index contributed by atoms with van der Waals surface area (Å²) in [5.74, 6) is 0.0329. The van der Waals surface area contributed by atoms with E-state index in [1.54, 1.807) is 12.1 Å². The largest absolute Gasteiger partial charge is 0.495 e. The third kappa shape index (κ3) is 5.95. The third-order valence-electron chi connectivity index (χ3n) is 5.76. The van der Waals surface area contributed by atoms with Gasteiger partial charge in [0, 0.05) is 11.1 Å². The molecule has 1 aliphatic carbocycles. The molecule has 1 saturated carbocycles. The molecule has 3 rings (SSSR count). The fourth-order valence-electron chi connectivity index (χ4n) is 3.99. The van der Waals surface area contributed by atoms with Gasteiger partial charge >= 0.3 is 0 Å². The van der Waals surface area contributed by atoms with Crippen molar-refractivity contribution in [2.75, 3.05) is 13.7 Å². The molecule has 1 unspecified atom stereocenters. The molecule has 2 aromatic carbocycles. The molecule has 2 aromatic rings. The zero-order valence-corrected chi connectivity index (χ0v) is 20.5. The Morgan fingerprint density at radius 3 is 2.38 bits per heavy atom. The Labute approximate surface area is 199 Å². The van der Waals surface area contributed by atoms with E-state index in [4.69, 9.17) is 27.9 Å². The molecule has 0 radical (unpaired) electrons. The second kappa shape index (κ2) is 10.9. The van der Waals surface area contributed by atoms with Crippen molar-refractivity contribution < 1.29 is 17.9 Å². The van der Waals surface area contributed by atoms with Crippen LogP contribution in [-0.4, -0.2) is 38.3 Å². The lowest BCUT2D eigenvalue weighted by atomic mass is 9.95. The Morgan fingerprint density at radius 2 is 1.78 bits per heavy atom. The highest BCUT2D eigenvalue weighted by atomic mass is 35.5. The van der Waals surface area contributed by atoms with Crippen LogP contribution in [0.2, 0.25) is 10.0 Å². The molecule has 0 aromatic heterocycles. The van der Waals surface area contributed by atoms with Gasteiger partial charge in [-0.25, -0.2) is 8.42 Å². The van der Waals surface area contributed by atoms with Crippen LogP contribution >= 0.6 is 23.2 Å². The fraction of sp³-hybridized carbons (Fsp3) is 0.435. The van der Waals surface area contributed by atoms with E-state index in [1.807, 2.05) is 19.1 Å². The minimum atomic E-state index is -3.93. The van der Waals surface area contributed by atoms with E-state index in [1.165, 1.54) is 29.6 Å². The van der Waals surface area contributed by atoms with Crippen LogP contribution in [0.3, 0.4) is 0 Å². The average Bonchev–Trinajstić information content (AvgIpc) is 2.78. The van der Waals surface area contributed by atoms with Crippen molar-refractivity contribution in [1.82, 2.24) is 9.62 Å². The van der Waals surface area contributed by atoms with E-state index in [0.29, 0.717) is 10.8 Å². The first kappa shape index (κ1) is 24.8. The van der Waals surface area contributed by atoms with Crippen molar-refractivity contribution in [3.8, 4) is 5.75 Å². The van der Waals surface area contributed by atoms with Crippen LogP contribution in [-0.2, 0) is 14.8 Å². The molecule has 1 aliphatic rings. The van der Waals surface area contributed by atoms with E-state index < -0.39 is 10.0 Å². The lowest BCUT2D eigenvalue weighted by molar-refractivity contribution is -0.122. The van der Waals surface area contributed by atoms with Gasteiger partial charge in [-0.1, -0.05) is 54.6 Å².